The van der Waals surface area contributed by atoms with Crippen molar-refractivity contribution in [3.05, 3.63) is 36.4 Å². The number of carbonyl (C=O) groups is 1. The molecule has 0 saturated carbocycles. The minimum Gasteiger partial charge on any atom is -0.326 e. The number of nitrogens with two attached hydrogens (primary N) is 1. The Labute approximate surface area is 122 Å². The average Bonchev–Trinajstić information content (AvgIpc) is 2.38. The molecule has 0 spiro atoms. The minimum absolute atomic E-state index is 0.0961. The van der Waals surface area contributed by atoms with Crippen molar-refractivity contribution in [2.75, 3.05) is 5.32 Å². The zero-order valence-corrected chi connectivity index (χ0v) is 12.3. The third-order valence-electron chi connectivity index (χ3n) is 2.70. The van der Waals surface area contributed by atoms with Crippen LogP contribution in [0.4, 0.5) is 5.69 Å². The van der Waals surface area contributed by atoms with Crippen molar-refractivity contribution in [1.29, 1.82) is 0 Å². The molecule has 1 aromatic heterocycles. The third kappa shape index (κ3) is 3.61. The Hall–Kier alpha value is -2.32. The van der Waals surface area contributed by atoms with Crippen molar-refractivity contribution in [2.24, 2.45) is 5.14 Å². The first-order valence-electron chi connectivity index (χ1n) is 6.01. The molecule has 0 aliphatic rings. The smallest absolute Gasteiger partial charge is 0.238 e. The van der Waals surface area contributed by atoms with Crippen molar-refractivity contribution >= 4 is 21.6 Å². The lowest BCUT2D eigenvalue weighted by atomic mass is 10.1. The topological polar surface area (TPSA) is 115 Å². The number of hydrogen-bond acceptors (Lipinski definition) is 5. The van der Waals surface area contributed by atoms with Crippen LogP contribution in [0.3, 0.4) is 0 Å². The molecule has 0 aliphatic carbocycles. The molecule has 2 rings (SSSR count). The highest BCUT2D eigenvalue weighted by Gasteiger charge is 2.17. The zero-order valence-electron chi connectivity index (χ0n) is 11.5. The molecule has 2 aromatic rings. The summed E-state index contributed by atoms with van der Waals surface area (Å²) in [5.74, 6) is 0.271. The number of benzene rings is 1. The van der Waals surface area contributed by atoms with Gasteiger partial charge < -0.3 is 5.32 Å². The van der Waals surface area contributed by atoms with Crippen LogP contribution < -0.4 is 10.5 Å². The maximum absolute atomic E-state index is 11.8. The van der Waals surface area contributed by atoms with Gasteiger partial charge in [0.2, 0.25) is 15.9 Å². The average molecular weight is 306 g/mol. The van der Waals surface area contributed by atoms with Gasteiger partial charge in [-0.1, -0.05) is 6.07 Å². The Morgan fingerprint density at radius 1 is 1.24 bits per heavy atom. The maximum Gasteiger partial charge on any atom is 0.238 e. The van der Waals surface area contributed by atoms with Crippen LogP contribution in [0.2, 0.25) is 0 Å². The summed E-state index contributed by atoms with van der Waals surface area (Å²) in [6.45, 7) is 3.06. The first-order valence-corrected chi connectivity index (χ1v) is 7.55. The fraction of sp³-hybridized carbons (Fsp3) is 0.154. The lowest BCUT2D eigenvalue weighted by Crippen LogP contribution is -2.15. The molecule has 1 amide bonds. The van der Waals surface area contributed by atoms with Gasteiger partial charge in [-0.25, -0.2) is 23.5 Å². The molecule has 110 valence electrons. The normalized spacial score (nSPS) is 11.2. The highest BCUT2D eigenvalue weighted by molar-refractivity contribution is 7.89. The van der Waals surface area contributed by atoms with E-state index in [-0.39, 0.29) is 10.8 Å². The SMILES string of the molecule is CC(=O)Nc1ccc(-c2cnc(C)nc2)c(S(N)(=O)=O)c1. The zero-order chi connectivity index (χ0) is 15.6. The van der Waals surface area contributed by atoms with E-state index < -0.39 is 10.0 Å². The van der Waals surface area contributed by atoms with Crippen molar-refractivity contribution in [2.45, 2.75) is 18.7 Å². The molecule has 1 heterocycles. The van der Waals surface area contributed by atoms with E-state index in [0.717, 1.165) is 0 Å². The molecule has 8 heteroatoms. The van der Waals surface area contributed by atoms with E-state index in [0.29, 0.717) is 22.6 Å². The van der Waals surface area contributed by atoms with E-state index in [1.54, 1.807) is 19.1 Å². The largest absolute Gasteiger partial charge is 0.326 e. The molecule has 0 aliphatic heterocycles. The van der Waals surface area contributed by atoms with Crippen LogP contribution in [0, 0.1) is 6.92 Å². The number of aryl methyl sites for hydroxylation is 1. The Morgan fingerprint density at radius 2 is 1.86 bits per heavy atom. The maximum atomic E-state index is 11.8. The number of anilines is 1. The number of aromatic nitrogens is 2. The number of primary sulfonamides is 1. The molecule has 3 N–H and O–H groups in total. The van der Waals surface area contributed by atoms with Gasteiger partial charge in [0.1, 0.15) is 5.82 Å². The molecule has 1 aromatic carbocycles. The number of amides is 1. The molecule has 7 nitrogen and oxygen atoms in total. The first-order chi connectivity index (χ1) is 9.77. The van der Waals surface area contributed by atoms with E-state index >= 15 is 0 Å². The molecule has 0 bridgehead atoms. The lowest BCUT2D eigenvalue weighted by molar-refractivity contribution is -0.114. The summed E-state index contributed by atoms with van der Waals surface area (Å²) in [5, 5.41) is 7.76. The summed E-state index contributed by atoms with van der Waals surface area (Å²) in [6.07, 6.45) is 3.04. The van der Waals surface area contributed by atoms with Gasteiger partial charge in [-0.15, -0.1) is 0 Å². The van der Waals surface area contributed by atoms with Crippen LogP contribution in [-0.4, -0.2) is 24.3 Å². The predicted octanol–water partition coefficient (Wildman–Crippen LogP) is 1.06. The Morgan fingerprint density at radius 3 is 2.38 bits per heavy atom. The van der Waals surface area contributed by atoms with Gasteiger partial charge in [-0.2, -0.15) is 0 Å². The lowest BCUT2D eigenvalue weighted by Gasteiger charge is -2.10. The molecule has 0 saturated heterocycles. The van der Waals surface area contributed by atoms with Crippen LogP contribution in [0.15, 0.2) is 35.5 Å². The molecule has 0 fully saturated rings. The second-order valence-electron chi connectivity index (χ2n) is 4.46. The molecular formula is C13H14N4O3S. The van der Waals surface area contributed by atoms with E-state index in [1.807, 2.05) is 0 Å². The van der Waals surface area contributed by atoms with Gasteiger partial charge in [0.25, 0.3) is 0 Å². The second-order valence-corrected chi connectivity index (χ2v) is 5.99. The Bertz CT molecular complexity index is 786. The van der Waals surface area contributed by atoms with Crippen LogP contribution >= 0.6 is 0 Å². The Kier molecular flexibility index (Phi) is 4.01. The van der Waals surface area contributed by atoms with E-state index in [4.69, 9.17) is 5.14 Å². The van der Waals surface area contributed by atoms with Gasteiger partial charge in [0, 0.05) is 36.1 Å². The van der Waals surface area contributed by atoms with Crippen LogP contribution in [-0.2, 0) is 14.8 Å². The van der Waals surface area contributed by atoms with Gasteiger partial charge in [-0.05, 0) is 19.1 Å². The van der Waals surface area contributed by atoms with E-state index in [1.165, 1.54) is 25.4 Å². The monoisotopic (exact) mass is 306 g/mol. The summed E-state index contributed by atoms with van der Waals surface area (Å²) < 4.78 is 23.5. The van der Waals surface area contributed by atoms with Crippen molar-refractivity contribution < 1.29 is 13.2 Å². The summed E-state index contributed by atoms with van der Waals surface area (Å²) in [4.78, 5) is 19.0. The molecular weight excluding hydrogens is 292 g/mol. The molecule has 0 radical (unpaired) electrons. The number of nitrogens with zero attached hydrogens (tertiary/aromatic N) is 2. The number of sulfonamides is 1. The van der Waals surface area contributed by atoms with Crippen LogP contribution in [0.1, 0.15) is 12.7 Å². The van der Waals surface area contributed by atoms with Crippen LogP contribution in [0.25, 0.3) is 11.1 Å². The van der Waals surface area contributed by atoms with Crippen molar-refractivity contribution in [3.63, 3.8) is 0 Å². The number of rotatable bonds is 3. The fourth-order valence-electron chi connectivity index (χ4n) is 1.81. The summed E-state index contributed by atoms with van der Waals surface area (Å²) >= 11 is 0. The van der Waals surface area contributed by atoms with Crippen molar-refractivity contribution in [1.82, 2.24) is 9.97 Å². The summed E-state index contributed by atoms with van der Waals surface area (Å²) in [5.41, 5.74) is 1.26. The standard InChI is InChI=1S/C13H14N4O3S/c1-8-15-6-10(7-16-8)12-4-3-11(17-9(2)18)5-13(12)21(14,19)20/h3-7H,1-2H3,(H,17,18)(H2,14,19,20). The highest BCUT2D eigenvalue weighted by atomic mass is 32.2. The minimum atomic E-state index is -3.96. The highest BCUT2D eigenvalue weighted by Crippen LogP contribution is 2.28. The number of carbonyl (C=O) groups excluding carboxylic acids is 1. The number of hydrogen-bond donors (Lipinski definition) is 2. The van der Waals surface area contributed by atoms with Gasteiger partial charge >= 0.3 is 0 Å². The number of nitrogens with one attached hydrogen (secondary N) is 1. The van der Waals surface area contributed by atoms with Crippen LogP contribution in [0.5, 0.6) is 0 Å². The predicted molar refractivity (Wildman–Crippen MR) is 77.9 cm³/mol. The van der Waals surface area contributed by atoms with E-state index in [2.05, 4.69) is 15.3 Å². The molecule has 21 heavy (non-hydrogen) atoms. The van der Waals surface area contributed by atoms with Gasteiger partial charge in [-0.3, -0.25) is 4.79 Å². The molecule has 0 unspecified atom stereocenters. The second kappa shape index (κ2) is 5.58. The molecule has 0 atom stereocenters. The summed E-state index contributed by atoms with van der Waals surface area (Å²) in [7, 11) is -3.96. The van der Waals surface area contributed by atoms with Gasteiger partial charge in [0.15, 0.2) is 0 Å². The van der Waals surface area contributed by atoms with E-state index in [9.17, 15) is 13.2 Å². The first kappa shape index (κ1) is 15.1. The van der Waals surface area contributed by atoms with Gasteiger partial charge in [0.05, 0.1) is 4.90 Å². The Balaban J connectivity index is 2.60. The third-order valence-corrected chi connectivity index (χ3v) is 3.65. The fourth-order valence-corrected chi connectivity index (χ4v) is 2.59. The quantitative estimate of drug-likeness (QED) is 0.879. The van der Waals surface area contributed by atoms with Crippen molar-refractivity contribution in [3.8, 4) is 11.1 Å². The summed E-state index contributed by atoms with van der Waals surface area (Å²) in [6, 6.07) is 4.45.